The van der Waals surface area contributed by atoms with Gasteiger partial charge in [0.2, 0.25) is 0 Å². The molecule has 1 aromatic carbocycles. The molecule has 0 spiro atoms. The number of hydrogen-bond acceptors (Lipinski definition) is 3. The van der Waals surface area contributed by atoms with Crippen LogP contribution in [0.25, 0.3) is 0 Å². The van der Waals surface area contributed by atoms with E-state index in [1.807, 2.05) is 0 Å². The van der Waals surface area contributed by atoms with Gasteiger partial charge in [0, 0.05) is 12.8 Å². The molecule has 23 heavy (non-hydrogen) atoms. The number of aryl methyl sites for hydroxylation is 2. The summed E-state index contributed by atoms with van der Waals surface area (Å²) in [7, 11) is 1.41. The van der Waals surface area contributed by atoms with Crippen molar-refractivity contribution in [3.05, 3.63) is 28.3 Å². The van der Waals surface area contributed by atoms with Gasteiger partial charge in [-0.05, 0) is 60.8 Å². The number of nitrogens with one attached hydrogen (secondary N) is 2. The first-order chi connectivity index (χ1) is 11.1. The third-order valence-corrected chi connectivity index (χ3v) is 4.65. The number of methoxy groups -OCH3 is 1. The molecule has 2 amide bonds. The average molecular weight is 318 g/mol. The second-order valence-corrected chi connectivity index (χ2v) is 6.18. The lowest BCUT2D eigenvalue weighted by molar-refractivity contribution is -0.140. The summed E-state index contributed by atoms with van der Waals surface area (Å²) in [5, 5.41) is 14.5. The Bertz CT molecular complexity index is 610. The Balaban J connectivity index is 1.80. The fourth-order valence-corrected chi connectivity index (χ4v) is 3.62. The minimum Gasteiger partial charge on any atom is -0.480 e. The van der Waals surface area contributed by atoms with Crippen molar-refractivity contribution in [2.45, 2.75) is 44.6 Å². The maximum atomic E-state index is 12.3. The lowest BCUT2D eigenvalue weighted by Gasteiger charge is -2.18. The molecule has 0 saturated carbocycles. The van der Waals surface area contributed by atoms with Crippen molar-refractivity contribution in [2.75, 3.05) is 19.0 Å². The standard InChI is InChI=1S/C17H22N2O4/c1-23-9-14(16(20)21)18-17(22)19-15-12-6-2-4-10(12)8-11-5-3-7-13(11)15/h8,14H,2-7,9H2,1H3,(H,20,21)(H2,18,19,22). The Labute approximate surface area is 135 Å². The molecule has 3 rings (SSSR count). The summed E-state index contributed by atoms with van der Waals surface area (Å²) in [6.45, 7) is -0.0617. The van der Waals surface area contributed by atoms with Crippen LogP contribution >= 0.6 is 0 Å². The van der Waals surface area contributed by atoms with Crippen LogP contribution in [0.1, 0.15) is 35.1 Å². The van der Waals surface area contributed by atoms with Crippen molar-refractivity contribution < 1.29 is 19.4 Å². The van der Waals surface area contributed by atoms with E-state index in [-0.39, 0.29) is 6.61 Å². The molecule has 0 aromatic heterocycles. The zero-order valence-corrected chi connectivity index (χ0v) is 13.3. The van der Waals surface area contributed by atoms with Crippen molar-refractivity contribution in [1.82, 2.24) is 5.32 Å². The van der Waals surface area contributed by atoms with E-state index < -0.39 is 18.0 Å². The molecule has 1 atom stereocenters. The molecule has 0 radical (unpaired) electrons. The summed E-state index contributed by atoms with van der Waals surface area (Å²) in [5.74, 6) is -1.11. The van der Waals surface area contributed by atoms with E-state index in [1.165, 1.54) is 29.4 Å². The highest BCUT2D eigenvalue weighted by Crippen LogP contribution is 2.38. The van der Waals surface area contributed by atoms with Gasteiger partial charge in [0.1, 0.15) is 0 Å². The first kappa shape index (κ1) is 15.8. The van der Waals surface area contributed by atoms with Crippen molar-refractivity contribution in [3.8, 4) is 0 Å². The third kappa shape index (κ3) is 3.17. The maximum absolute atomic E-state index is 12.3. The number of aliphatic carboxylic acids is 1. The molecule has 0 aliphatic heterocycles. The highest BCUT2D eigenvalue weighted by Gasteiger charge is 2.26. The lowest BCUT2D eigenvalue weighted by atomic mass is 9.99. The number of ether oxygens (including phenoxy) is 1. The minimum absolute atomic E-state index is 0.0617. The molecule has 1 aromatic rings. The lowest BCUT2D eigenvalue weighted by Crippen LogP contribution is -2.45. The van der Waals surface area contributed by atoms with Crippen LogP contribution in [0, 0.1) is 0 Å². The maximum Gasteiger partial charge on any atom is 0.328 e. The van der Waals surface area contributed by atoms with Crippen LogP contribution in [0.4, 0.5) is 10.5 Å². The molecule has 6 heteroatoms. The first-order valence-corrected chi connectivity index (χ1v) is 8.06. The number of carboxylic acid groups (broad SMARTS) is 1. The number of carbonyl (C=O) groups excluding carboxylic acids is 1. The molecule has 2 aliphatic rings. The predicted octanol–water partition coefficient (Wildman–Crippen LogP) is 1.89. The first-order valence-electron chi connectivity index (χ1n) is 8.06. The van der Waals surface area contributed by atoms with Gasteiger partial charge in [-0.3, -0.25) is 0 Å². The number of amides is 2. The van der Waals surface area contributed by atoms with Gasteiger partial charge < -0.3 is 20.5 Å². The number of urea groups is 1. The summed E-state index contributed by atoms with van der Waals surface area (Å²) < 4.78 is 4.84. The average Bonchev–Trinajstić information content (AvgIpc) is 3.14. The van der Waals surface area contributed by atoms with Crippen LogP contribution in [0.3, 0.4) is 0 Å². The van der Waals surface area contributed by atoms with Crippen molar-refractivity contribution >= 4 is 17.7 Å². The fraction of sp³-hybridized carbons (Fsp3) is 0.529. The number of hydrogen-bond donors (Lipinski definition) is 3. The Hall–Kier alpha value is -2.08. The molecule has 1 unspecified atom stereocenters. The van der Waals surface area contributed by atoms with Crippen molar-refractivity contribution in [3.63, 3.8) is 0 Å². The molecule has 124 valence electrons. The van der Waals surface area contributed by atoms with Gasteiger partial charge in [0.05, 0.1) is 6.61 Å². The minimum atomic E-state index is -1.11. The molecule has 0 heterocycles. The smallest absolute Gasteiger partial charge is 0.328 e. The van der Waals surface area contributed by atoms with E-state index in [0.29, 0.717) is 0 Å². The molecule has 0 bridgehead atoms. The number of anilines is 1. The SMILES string of the molecule is COCC(NC(=O)Nc1c2c(cc3c1CCC3)CCC2)C(=O)O. The van der Waals surface area contributed by atoms with Crippen LogP contribution < -0.4 is 10.6 Å². The Kier molecular flexibility index (Phi) is 4.52. The highest BCUT2D eigenvalue weighted by molar-refractivity contribution is 5.94. The van der Waals surface area contributed by atoms with Gasteiger partial charge in [-0.1, -0.05) is 6.07 Å². The van der Waals surface area contributed by atoms with E-state index in [1.54, 1.807) is 0 Å². The van der Waals surface area contributed by atoms with Gasteiger partial charge >= 0.3 is 12.0 Å². The molecular formula is C17H22N2O4. The van der Waals surface area contributed by atoms with Crippen LogP contribution in [0.15, 0.2) is 6.07 Å². The molecule has 2 aliphatic carbocycles. The molecular weight excluding hydrogens is 296 g/mol. The molecule has 0 saturated heterocycles. The van der Waals surface area contributed by atoms with Crippen LogP contribution in [-0.4, -0.2) is 36.9 Å². The summed E-state index contributed by atoms with van der Waals surface area (Å²) >= 11 is 0. The van der Waals surface area contributed by atoms with Gasteiger partial charge in [-0.2, -0.15) is 0 Å². The van der Waals surface area contributed by atoms with Crippen LogP contribution in [0.5, 0.6) is 0 Å². The van der Waals surface area contributed by atoms with Gasteiger partial charge in [0.15, 0.2) is 6.04 Å². The number of carboxylic acids is 1. The van der Waals surface area contributed by atoms with Crippen LogP contribution in [-0.2, 0) is 35.2 Å². The van der Waals surface area contributed by atoms with Crippen molar-refractivity contribution in [2.24, 2.45) is 0 Å². The Morgan fingerprint density at radius 2 is 1.78 bits per heavy atom. The highest BCUT2D eigenvalue weighted by atomic mass is 16.5. The molecule has 3 N–H and O–H groups in total. The second kappa shape index (κ2) is 6.58. The number of fused-ring (bicyclic) bond motifs is 2. The van der Waals surface area contributed by atoms with Crippen molar-refractivity contribution in [1.29, 1.82) is 0 Å². The second-order valence-electron chi connectivity index (χ2n) is 6.18. The molecule has 0 fully saturated rings. The summed E-state index contributed by atoms with van der Waals surface area (Å²) in [5.41, 5.74) is 6.01. The van der Waals surface area contributed by atoms with E-state index in [2.05, 4.69) is 16.7 Å². The predicted molar refractivity (Wildman–Crippen MR) is 85.9 cm³/mol. The van der Waals surface area contributed by atoms with E-state index in [9.17, 15) is 9.59 Å². The van der Waals surface area contributed by atoms with Gasteiger partial charge in [0.25, 0.3) is 0 Å². The summed E-state index contributed by atoms with van der Waals surface area (Å²) in [6.07, 6.45) is 6.27. The Morgan fingerprint density at radius 3 is 2.30 bits per heavy atom. The number of benzene rings is 1. The van der Waals surface area contributed by atoms with E-state index >= 15 is 0 Å². The fourth-order valence-electron chi connectivity index (χ4n) is 3.62. The van der Waals surface area contributed by atoms with Gasteiger partial charge in [-0.15, -0.1) is 0 Å². The number of carbonyl (C=O) groups is 2. The normalized spacial score (nSPS) is 16.6. The number of rotatable bonds is 5. The van der Waals surface area contributed by atoms with Gasteiger partial charge in [-0.25, -0.2) is 9.59 Å². The molecule has 6 nitrogen and oxygen atoms in total. The largest absolute Gasteiger partial charge is 0.480 e. The Morgan fingerprint density at radius 1 is 1.17 bits per heavy atom. The summed E-state index contributed by atoms with van der Waals surface area (Å²) in [6, 6.07) is 0.757. The topological polar surface area (TPSA) is 87.7 Å². The van der Waals surface area contributed by atoms with E-state index in [0.717, 1.165) is 44.2 Å². The zero-order valence-electron chi connectivity index (χ0n) is 13.3. The quantitative estimate of drug-likeness (QED) is 0.773. The van der Waals surface area contributed by atoms with E-state index in [4.69, 9.17) is 9.84 Å². The third-order valence-electron chi connectivity index (χ3n) is 4.65. The monoisotopic (exact) mass is 318 g/mol. The van der Waals surface area contributed by atoms with Crippen LogP contribution in [0.2, 0.25) is 0 Å². The zero-order chi connectivity index (χ0) is 16.4. The summed E-state index contributed by atoms with van der Waals surface area (Å²) in [4.78, 5) is 23.4.